The molecular weight excluding hydrogens is 250 g/mol. The van der Waals surface area contributed by atoms with E-state index in [1.807, 2.05) is 12.1 Å². The lowest BCUT2D eigenvalue weighted by molar-refractivity contribution is 0.414. The summed E-state index contributed by atoms with van der Waals surface area (Å²) >= 11 is 0. The van der Waals surface area contributed by atoms with Gasteiger partial charge in [-0.1, -0.05) is 19.1 Å². The summed E-state index contributed by atoms with van der Waals surface area (Å²) in [7, 11) is -1.58. The first-order valence-corrected chi connectivity index (χ1v) is 7.51. The second kappa shape index (κ2) is 4.62. The third-order valence-electron chi connectivity index (χ3n) is 3.42. The van der Waals surface area contributed by atoms with Gasteiger partial charge in [-0.2, -0.15) is 5.26 Å². The average molecular weight is 265 g/mol. The fraction of sp³-hybridized carbons (Fsp3) is 0.462. The number of hydrogen-bond acceptors (Lipinski definition) is 4. The van der Waals surface area contributed by atoms with E-state index in [0.29, 0.717) is 0 Å². The Bertz CT molecular complexity index is 571. The van der Waals surface area contributed by atoms with E-state index in [4.69, 9.17) is 10.00 Å². The maximum Gasteiger partial charge on any atom is 0.154 e. The molecule has 0 aromatic heterocycles. The van der Waals surface area contributed by atoms with Crippen LogP contribution in [0.4, 0.5) is 0 Å². The molecule has 2 rings (SSSR count). The van der Waals surface area contributed by atoms with Crippen molar-refractivity contribution >= 4 is 9.84 Å². The lowest BCUT2D eigenvalue weighted by Crippen LogP contribution is -2.12. The zero-order valence-corrected chi connectivity index (χ0v) is 11.1. The molecule has 0 unspecified atom stereocenters. The molecule has 1 aromatic rings. The van der Waals surface area contributed by atoms with Crippen LogP contribution in [0, 0.1) is 17.2 Å². The normalized spacial score (nSPS) is 26.4. The molecule has 0 saturated heterocycles. The number of benzene rings is 1. The number of rotatable bonds is 4. The molecule has 0 radical (unpaired) electrons. The third-order valence-corrected chi connectivity index (χ3v) is 5.64. The summed E-state index contributed by atoms with van der Waals surface area (Å²) in [5.74, 6) is 0.208. The smallest absolute Gasteiger partial charge is 0.154 e. The molecule has 96 valence electrons. The highest BCUT2D eigenvalue weighted by Crippen LogP contribution is 2.52. The quantitative estimate of drug-likeness (QED) is 0.831. The fourth-order valence-electron chi connectivity index (χ4n) is 2.30. The topological polar surface area (TPSA) is 67.2 Å². The SMILES string of the molecule is CCS(=O)(=O)[C@@H]1[C@H](C#N)[C@H]1c1ccc(OC)cc1. The monoisotopic (exact) mass is 265 g/mol. The standard InChI is InChI=1S/C13H15NO3S/c1-3-18(15,16)13-11(8-14)12(13)9-4-6-10(17-2)7-5-9/h4-7,11-13H,3H2,1-2H3/t11-,12-,13-/m1/s1. The van der Waals surface area contributed by atoms with E-state index >= 15 is 0 Å². The minimum Gasteiger partial charge on any atom is -0.497 e. The van der Waals surface area contributed by atoms with Crippen molar-refractivity contribution in [2.45, 2.75) is 18.1 Å². The van der Waals surface area contributed by atoms with E-state index in [2.05, 4.69) is 6.07 Å². The van der Waals surface area contributed by atoms with Gasteiger partial charge in [0.25, 0.3) is 0 Å². The second-order valence-electron chi connectivity index (χ2n) is 4.37. The Morgan fingerprint density at radius 1 is 1.33 bits per heavy atom. The average Bonchev–Trinajstić information content (AvgIpc) is 3.14. The molecule has 5 heteroatoms. The Balaban J connectivity index is 2.27. The Labute approximate surface area is 107 Å². The largest absolute Gasteiger partial charge is 0.497 e. The summed E-state index contributed by atoms with van der Waals surface area (Å²) < 4.78 is 28.8. The predicted octanol–water partition coefficient (Wildman–Crippen LogP) is 1.74. The van der Waals surface area contributed by atoms with Crippen molar-refractivity contribution in [2.75, 3.05) is 12.9 Å². The van der Waals surface area contributed by atoms with Gasteiger partial charge in [0, 0.05) is 11.7 Å². The van der Waals surface area contributed by atoms with E-state index in [1.54, 1.807) is 26.2 Å². The van der Waals surface area contributed by atoms with Gasteiger partial charge >= 0.3 is 0 Å². The van der Waals surface area contributed by atoms with Crippen molar-refractivity contribution in [3.05, 3.63) is 29.8 Å². The molecule has 0 heterocycles. The minimum atomic E-state index is -3.15. The van der Waals surface area contributed by atoms with Crippen molar-refractivity contribution in [1.82, 2.24) is 0 Å². The molecule has 1 aliphatic carbocycles. The Morgan fingerprint density at radius 3 is 2.39 bits per heavy atom. The highest BCUT2D eigenvalue weighted by molar-refractivity contribution is 7.92. The lowest BCUT2D eigenvalue weighted by Gasteiger charge is -2.02. The lowest BCUT2D eigenvalue weighted by atomic mass is 10.1. The van der Waals surface area contributed by atoms with Crippen LogP contribution in [0.15, 0.2) is 24.3 Å². The summed E-state index contributed by atoms with van der Waals surface area (Å²) in [6, 6.07) is 9.34. The summed E-state index contributed by atoms with van der Waals surface area (Å²) in [5, 5.41) is 8.49. The maximum absolute atomic E-state index is 11.9. The molecule has 3 atom stereocenters. The van der Waals surface area contributed by atoms with Gasteiger partial charge in [-0.25, -0.2) is 8.42 Å². The van der Waals surface area contributed by atoms with E-state index in [9.17, 15) is 8.42 Å². The van der Waals surface area contributed by atoms with Gasteiger partial charge in [0.05, 0.1) is 24.3 Å². The van der Waals surface area contributed by atoms with E-state index in [1.165, 1.54) is 0 Å². The van der Waals surface area contributed by atoms with Crippen molar-refractivity contribution < 1.29 is 13.2 Å². The molecule has 1 fully saturated rings. The number of sulfone groups is 1. The predicted molar refractivity (Wildman–Crippen MR) is 68.1 cm³/mol. The van der Waals surface area contributed by atoms with Gasteiger partial charge in [-0.15, -0.1) is 0 Å². The van der Waals surface area contributed by atoms with Crippen LogP contribution in [0.25, 0.3) is 0 Å². The molecule has 0 N–H and O–H groups in total. The van der Waals surface area contributed by atoms with Crippen LogP contribution in [-0.4, -0.2) is 26.5 Å². The first-order chi connectivity index (χ1) is 8.55. The van der Waals surface area contributed by atoms with Gasteiger partial charge in [0.15, 0.2) is 9.84 Å². The summed E-state index contributed by atoms with van der Waals surface area (Å²) in [4.78, 5) is 0. The van der Waals surface area contributed by atoms with Gasteiger partial charge in [0.1, 0.15) is 5.75 Å². The van der Waals surface area contributed by atoms with Crippen LogP contribution in [0.3, 0.4) is 0 Å². The van der Waals surface area contributed by atoms with Crippen molar-refractivity contribution in [1.29, 1.82) is 5.26 Å². The van der Waals surface area contributed by atoms with Crippen LogP contribution in [0.2, 0.25) is 0 Å². The van der Waals surface area contributed by atoms with Crippen LogP contribution in [-0.2, 0) is 9.84 Å². The Hall–Kier alpha value is -1.54. The number of hydrogen-bond donors (Lipinski definition) is 0. The summed E-state index contributed by atoms with van der Waals surface area (Å²) in [6.07, 6.45) is 0. The van der Waals surface area contributed by atoms with Gasteiger partial charge in [0.2, 0.25) is 0 Å². The van der Waals surface area contributed by atoms with Crippen molar-refractivity contribution in [3.63, 3.8) is 0 Å². The number of nitriles is 1. The molecule has 1 aromatic carbocycles. The zero-order valence-electron chi connectivity index (χ0n) is 10.3. The molecular formula is C13H15NO3S. The third kappa shape index (κ3) is 2.08. The number of ether oxygens (including phenoxy) is 1. The minimum absolute atomic E-state index is 0.0858. The molecule has 18 heavy (non-hydrogen) atoms. The highest BCUT2D eigenvalue weighted by Gasteiger charge is 2.58. The summed E-state index contributed by atoms with van der Waals surface area (Å²) in [6.45, 7) is 1.62. The van der Waals surface area contributed by atoms with Gasteiger partial charge in [-0.05, 0) is 17.7 Å². The van der Waals surface area contributed by atoms with Gasteiger partial charge in [-0.3, -0.25) is 0 Å². The van der Waals surface area contributed by atoms with Crippen LogP contribution in [0.5, 0.6) is 5.75 Å². The van der Waals surface area contributed by atoms with Crippen LogP contribution >= 0.6 is 0 Å². The van der Waals surface area contributed by atoms with Crippen molar-refractivity contribution in [2.24, 2.45) is 5.92 Å². The molecule has 0 bridgehead atoms. The molecule has 1 saturated carbocycles. The summed E-state index contributed by atoms with van der Waals surface area (Å²) in [5.41, 5.74) is 0.893. The molecule has 0 spiro atoms. The Morgan fingerprint density at radius 2 is 1.94 bits per heavy atom. The molecule has 0 aliphatic heterocycles. The second-order valence-corrected chi connectivity index (χ2v) is 6.82. The molecule has 1 aliphatic rings. The molecule has 0 amide bonds. The highest BCUT2D eigenvalue weighted by atomic mass is 32.2. The number of nitrogens with zero attached hydrogens (tertiary/aromatic N) is 1. The van der Waals surface area contributed by atoms with E-state index < -0.39 is 21.0 Å². The van der Waals surface area contributed by atoms with Crippen LogP contribution in [0.1, 0.15) is 18.4 Å². The fourth-order valence-corrected chi connectivity index (χ4v) is 4.04. The maximum atomic E-state index is 11.9. The first-order valence-electron chi connectivity index (χ1n) is 5.80. The van der Waals surface area contributed by atoms with Crippen LogP contribution < -0.4 is 4.74 Å². The molecule has 4 nitrogen and oxygen atoms in total. The van der Waals surface area contributed by atoms with E-state index in [0.717, 1.165) is 11.3 Å². The van der Waals surface area contributed by atoms with Crippen molar-refractivity contribution in [3.8, 4) is 11.8 Å². The Kier molecular flexibility index (Phi) is 3.31. The number of methoxy groups -OCH3 is 1. The van der Waals surface area contributed by atoms with E-state index in [-0.39, 0.29) is 11.7 Å². The zero-order chi connectivity index (χ0) is 13.3. The first kappa shape index (κ1) is 12.9. The van der Waals surface area contributed by atoms with Gasteiger partial charge < -0.3 is 4.74 Å².